The van der Waals surface area contributed by atoms with E-state index >= 15 is 0 Å². The highest BCUT2D eigenvalue weighted by molar-refractivity contribution is 9.10. The van der Waals surface area contributed by atoms with Gasteiger partial charge in [-0.05, 0) is 42.3 Å². The van der Waals surface area contributed by atoms with Gasteiger partial charge in [0.15, 0.2) is 0 Å². The Bertz CT molecular complexity index is 789. The molecule has 2 aromatic rings. The van der Waals surface area contributed by atoms with E-state index in [-0.39, 0.29) is 0 Å². The van der Waals surface area contributed by atoms with Crippen molar-refractivity contribution in [2.45, 2.75) is 13.3 Å². The number of hydrogen-bond acceptors (Lipinski definition) is 4. The molecule has 0 fully saturated rings. The molecule has 0 bridgehead atoms. The van der Waals surface area contributed by atoms with Crippen molar-refractivity contribution in [3.63, 3.8) is 0 Å². The molecular weight excluding hydrogens is 386 g/mol. The molecule has 0 unspecified atom stereocenters. The predicted octanol–water partition coefficient (Wildman–Crippen LogP) is 3.11. The van der Waals surface area contributed by atoms with Crippen molar-refractivity contribution in [2.75, 3.05) is 12.4 Å². The van der Waals surface area contributed by atoms with Gasteiger partial charge in [-0.2, -0.15) is 5.10 Å². The third-order valence-electron chi connectivity index (χ3n) is 3.40. The Hall–Kier alpha value is -2.67. The summed E-state index contributed by atoms with van der Waals surface area (Å²) in [5, 5.41) is 6.31. The molecule has 6 nitrogen and oxygen atoms in total. The molecule has 2 N–H and O–H groups in total. The van der Waals surface area contributed by atoms with E-state index < -0.39 is 11.8 Å². The summed E-state index contributed by atoms with van der Waals surface area (Å²) in [4.78, 5) is 23.6. The number of methoxy groups -OCH3 is 1. The van der Waals surface area contributed by atoms with E-state index in [9.17, 15) is 9.59 Å². The van der Waals surface area contributed by atoms with Crippen LogP contribution >= 0.6 is 15.9 Å². The van der Waals surface area contributed by atoms with Crippen molar-refractivity contribution in [3.8, 4) is 5.75 Å². The minimum atomic E-state index is -0.852. The second kappa shape index (κ2) is 8.98. The Kier molecular flexibility index (Phi) is 6.71. The van der Waals surface area contributed by atoms with Gasteiger partial charge in [0, 0.05) is 15.7 Å². The van der Waals surface area contributed by atoms with Crippen LogP contribution in [0.3, 0.4) is 0 Å². The highest BCUT2D eigenvalue weighted by Gasteiger charge is 2.12. The number of hydrogen-bond donors (Lipinski definition) is 2. The molecule has 0 saturated carbocycles. The second-order valence-corrected chi connectivity index (χ2v) is 5.95. The lowest BCUT2D eigenvalue weighted by Gasteiger charge is -2.05. The molecule has 0 aliphatic heterocycles. The summed E-state index contributed by atoms with van der Waals surface area (Å²) < 4.78 is 5.91. The van der Waals surface area contributed by atoms with E-state index in [2.05, 4.69) is 31.8 Å². The number of halogens is 1. The number of nitrogens with one attached hydrogen (secondary N) is 2. The summed E-state index contributed by atoms with van der Waals surface area (Å²) in [6.07, 6.45) is 2.33. The Morgan fingerprint density at radius 2 is 1.88 bits per heavy atom. The fourth-order valence-electron chi connectivity index (χ4n) is 1.97. The molecule has 0 aromatic heterocycles. The topological polar surface area (TPSA) is 79.8 Å². The summed E-state index contributed by atoms with van der Waals surface area (Å²) in [5.41, 5.74) is 4.60. The molecule has 0 atom stereocenters. The summed E-state index contributed by atoms with van der Waals surface area (Å²) in [6, 6.07) is 12.6. The molecule has 2 aromatic carbocycles. The third-order valence-corrected chi connectivity index (χ3v) is 4.12. The van der Waals surface area contributed by atoms with E-state index in [1.54, 1.807) is 37.4 Å². The predicted molar refractivity (Wildman–Crippen MR) is 101 cm³/mol. The Morgan fingerprint density at radius 3 is 2.52 bits per heavy atom. The van der Waals surface area contributed by atoms with Gasteiger partial charge >= 0.3 is 11.8 Å². The maximum atomic E-state index is 11.9. The molecule has 0 spiro atoms. The van der Waals surface area contributed by atoms with Crippen molar-refractivity contribution in [3.05, 3.63) is 58.1 Å². The number of ether oxygens (including phenoxy) is 1. The van der Waals surface area contributed by atoms with Crippen LogP contribution in [0.5, 0.6) is 5.75 Å². The summed E-state index contributed by atoms with van der Waals surface area (Å²) in [5.74, 6) is -0.981. The Balaban J connectivity index is 1.93. The van der Waals surface area contributed by atoms with Crippen molar-refractivity contribution in [2.24, 2.45) is 5.10 Å². The standard InChI is InChI=1S/C18H18BrN3O3/c1-3-12-4-6-14(7-5-12)21-17(23)18(24)22-20-11-13-10-15(25-2)8-9-16(13)19/h4-11H,3H2,1-2H3,(H,21,23)(H,22,24). The minimum absolute atomic E-state index is 0.553. The number of amides is 2. The lowest BCUT2D eigenvalue weighted by atomic mass is 10.1. The van der Waals surface area contributed by atoms with Crippen molar-refractivity contribution in [1.82, 2.24) is 5.43 Å². The number of benzene rings is 2. The van der Waals surface area contributed by atoms with Crippen LogP contribution in [0.1, 0.15) is 18.1 Å². The molecule has 0 aliphatic rings. The summed E-state index contributed by atoms with van der Waals surface area (Å²) >= 11 is 3.37. The Morgan fingerprint density at radius 1 is 1.16 bits per heavy atom. The average molecular weight is 404 g/mol. The van der Waals surface area contributed by atoms with Crippen LogP contribution in [-0.2, 0) is 16.0 Å². The SMILES string of the molecule is CCc1ccc(NC(=O)C(=O)NN=Cc2cc(OC)ccc2Br)cc1. The fraction of sp³-hybridized carbons (Fsp3) is 0.167. The number of aryl methyl sites for hydroxylation is 1. The summed E-state index contributed by atoms with van der Waals surface area (Å²) in [6.45, 7) is 2.04. The molecule has 130 valence electrons. The number of nitrogens with zero attached hydrogens (tertiary/aromatic N) is 1. The van der Waals surface area contributed by atoms with E-state index in [0.29, 0.717) is 17.0 Å². The van der Waals surface area contributed by atoms with Gasteiger partial charge in [0.05, 0.1) is 13.3 Å². The van der Waals surface area contributed by atoms with Gasteiger partial charge in [0.1, 0.15) is 5.75 Å². The van der Waals surface area contributed by atoms with Crippen molar-refractivity contribution in [1.29, 1.82) is 0 Å². The number of anilines is 1. The molecule has 0 heterocycles. The lowest BCUT2D eigenvalue weighted by Crippen LogP contribution is -2.32. The molecule has 0 radical (unpaired) electrons. The van der Waals surface area contributed by atoms with Gasteiger partial charge in [-0.25, -0.2) is 5.43 Å². The zero-order valence-corrected chi connectivity index (χ0v) is 15.5. The van der Waals surface area contributed by atoms with Crippen LogP contribution in [-0.4, -0.2) is 25.1 Å². The molecule has 0 saturated heterocycles. The van der Waals surface area contributed by atoms with Gasteiger partial charge in [0.25, 0.3) is 0 Å². The smallest absolute Gasteiger partial charge is 0.329 e. The third kappa shape index (κ3) is 5.42. The van der Waals surface area contributed by atoms with Crippen molar-refractivity contribution >= 4 is 39.6 Å². The first-order chi connectivity index (χ1) is 12.0. The maximum absolute atomic E-state index is 11.9. The van der Waals surface area contributed by atoms with E-state index in [1.165, 1.54) is 6.21 Å². The van der Waals surface area contributed by atoms with Crippen LogP contribution in [0, 0.1) is 0 Å². The second-order valence-electron chi connectivity index (χ2n) is 5.09. The van der Waals surface area contributed by atoms with E-state index in [1.807, 2.05) is 19.1 Å². The van der Waals surface area contributed by atoms with Gasteiger partial charge < -0.3 is 10.1 Å². The zero-order chi connectivity index (χ0) is 18.2. The van der Waals surface area contributed by atoms with Gasteiger partial charge in [-0.1, -0.05) is 35.0 Å². The molecule has 2 rings (SSSR count). The molecule has 0 aliphatic carbocycles. The molecular formula is C18H18BrN3O3. The number of carbonyl (C=O) groups is 2. The number of carbonyl (C=O) groups excluding carboxylic acids is 2. The highest BCUT2D eigenvalue weighted by atomic mass is 79.9. The minimum Gasteiger partial charge on any atom is -0.497 e. The average Bonchev–Trinajstić information content (AvgIpc) is 2.63. The lowest BCUT2D eigenvalue weighted by molar-refractivity contribution is -0.136. The Labute approximate surface area is 154 Å². The largest absolute Gasteiger partial charge is 0.497 e. The van der Waals surface area contributed by atoms with E-state index in [0.717, 1.165) is 16.5 Å². The van der Waals surface area contributed by atoms with E-state index in [4.69, 9.17) is 4.74 Å². The highest BCUT2D eigenvalue weighted by Crippen LogP contribution is 2.20. The quantitative estimate of drug-likeness (QED) is 0.457. The monoisotopic (exact) mass is 403 g/mol. The first kappa shape index (κ1) is 18.7. The molecule has 25 heavy (non-hydrogen) atoms. The first-order valence-corrected chi connectivity index (χ1v) is 8.39. The van der Waals surface area contributed by atoms with Crippen LogP contribution in [0.15, 0.2) is 52.0 Å². The molecule has 2 amide bonds. The normalized spacial score (nSPS) is 10.5. The van der Waals surface area contributed by atoms with Crippen LogP contribution in [0.4, 0.5) is 5.69 Å². The number of rotatable bonds is 5. The number of hydrazone groups is 1. The fourth-order valence-corrected chi connectivity index (χ4v) is 2.32. The zero-order valence-electron chi connectivity index (χ0n) is 13.9. The summed E-state index contributed by atoms with van der Waals surface area (Å²) in [7, 11) is 1.56. The van der Waals surface area contributed by atoms with Crippen LogP contribution in [0.25, 0.3) is 0 Å². The first-order valence-electron chi connectivity index (χ1n) is 7.60. The molecule has 7 heteroatoms. The van der Waals surface area contributed by atoms with Gasteiger partial charge in [0.2, 0.25) is 0 Å². The van der Waals surface area contributed by atoms with Gasteiger partial charge in [-0.3, -0.25) is 9.59 Å². The van der Waals surface area contributed by atoms with Crippen molar-refractivity contribution < 1.29 is 14.3 Å². The van der Waals surface area contributed by atoms with Crippen LogP contribution in [0.2, 0.25) is 0 Å². The van der Waals surface area contributed by atoms with Crippen LogP contribution < -0.4 is 15.5 Å². The van der Waals surface area contributed by atoms with Gasteiger partial charge in [-0.15, -0.1) is 0 Å². The maximum Gasteiger partial charge on any atom is 0.329 e.